The van der Waals surface area contributed by atoms with E-state index in [0.717, 1.165) is 0 Å². The second-order valence-corrected chi connectivity index (χ2v) is 3.85. The third-order valence-corrected chi connectivity index (χ3v) is 2.56. The Kier molecular flexibility index (Phi) is 3.94. The number of halogens is 2. The van der Waals surface area contributed by atoms with Gasteiger partial charge < -0.3 is 9.84 Å². The monoisotopic (exact) mass is 268 g/mol. The van der Waals surface area contributed by atoms with E-state index in [1.807, 2.05) is 0 Å². The minimum Gasteiger partial charge on any atom is -0.359 e. The van der Waals surface area contributed by atoms with Crippen LogP contribution in [0, 0.1) is 5.82 Å². The summed E-state index contributed by atoms with van der Waals surface area (Å²) in [6.45, 7) is 0.136. The molecular weight excluding hydrogens is 259 g/mol. The fourth-order valence-electron chi connectivity index (χ4n) is 1.41. The highest BCUT2D eigenvalue weighted by Gasteiger charge is 2.11. The molecule has 0 unspecified atom stereocenters. The van der Waals surface area contributed by atoms with Crippen LogP contribution in [-0.2, 0) is 12.4 Å². The molecule has 0 spiro atoms. The predicted molar refractivity (Wildman–Crippen MR) is 63.6 cm³/mol. The summed E-state index contributed by atoms with van der Waals surface area (Å²) >= 11 is 5.56. The molecule has 18 heavy (non-hydrogen) atoms. The van der Waals surface area contributed by atoms with Gasteiger partial charge >= 0.3 is 0 Å². The molecule has 0 bridgehead atoms. The average molecular weight is 269 g/mol. The molecule has 6 heteroatoms. The lowest BCUT2D eigenvalue weighted by Gasteiger charge is -2.03. The Morgan fingerprint density at radius 3 is 2.89 bits per heavy atom. The Bertz CT molecular complexity index is 557. The summed E-state index contributed by atoms with van der Waals surface area (Å²) in [7, 11) is 0. The van der Waals surface area contributed by atoms with Gasteiger partial charge in [-0.05, 0) is 12.1 Å². The summed E-state index contributed by atoms with van der Waals surface area (Å²) < 4.78 is 18.2. The minimum absolute atomic E-state index is 0.00502. The van der Waals surface area contributed by atoms with Crippen LogP contribution in [-0.4, -0.2) is 11.1 Å². The predicted octanol–water partition coefficient (Wildman–Crippen LogP) is 2.48. The van der Waals surface area contributed by atoms with Gasteiger partial charge in [-0.15, -0.1) is 11.6 Å². The molecule has 2 aromatic rings. The summed E-state index contributed by atoms with van der Waals surface area (Å²) in [6, 6.07) is 7.40. The van der Waals surface area contributed by atoms with E-state index in [9.17, 15) is 9.18 Å². The Labute approximate surface area is 108 Å². The normalized spacial score (nSPS) is 10.3. The maximum absolute atomic E-state index is 13.3. The van der Waals surface area contributed by atoms with E-state index in [1.54, 1.807) is 12.1 Å². The van der Waals surface area contributed by atoms with Crippen LogP contribution < -0.4 is 5.32 Å². The highest BCUT2D eigenvalue weighted by molar-refractivity contribution is 6.16. The zero-order valence-electron chi connectivity index (χ0n) is 9.32. The molecule has 0 aliphatic heterocycles. The van der Waals surface area contributed by atoms with Crippen LogP contribution >= 0.6 is 11.6 Å². The molecular formula is C12H10ClFN2O2. The maximum Gasteiger partial charge on any atom is 0.254 e. The van der Waals surface area contributed by atoms with E-state index in [2.05, 4.69) is 10.5 Å². The number of rotatable bonds is 4. The van der Waals surface area contributed by atoms with Crippen LogP contribution in [0.2, 0.25) is 0 Å². The number of hydrogen-bond acceptors (Lipinski definition) is 3. The molecule has 0 aliphatic rings. The Balaban J connectivity index is 1.98. The van der Waals surface area contributed by atoms with Gasteiger partial charge in [0.2, 0.25) is 0 Å². The first-order valence-corrected chi connectivity index (χ1v) is 5.77. The molecule has 0 fully saturated rings. The van der Waals surface area contributed by atoms with Gasteiger partial charge in [-0.2, -0.15) is 0 Å². The van der Waals surface area contributed by atoms with Crippen molar-refractivity contribution in [2.75, 3.05) is 0 Å². The van der Waals surface area contributed by atoms with Gasteiger partial charge in [0, 0.05) is 6.07 Å². The lowest BCUT2D eigenvalue weighted by Crippen LogP contribution is -2.23. The first kappa shape index (κ1) is 12.6. The van der Waals surface area contributed by atoms with E-state index < -0.39 is 11.7 Å². The van der Waals surface area contributed by atoms with Crippen molar-refractivity contribution < 1.29 is 13.7 Å². The van der Waals surface area contributed by atoms with Crippen molar-refractivity contribution in [3.63, 3.8) is 0 Å². The molecule has 1 heterocycles. The average Bonchev–Trinajstić information content (AvgIpc) is 2.84. The Morgan fingerprint density at radius 2 is 2.22 bits per heavy atom. The largest absolute Gasteiger partial charge is 0.359 e. The molecule has 0 aliphatic carbocycles. The molecule has 0 radical (unpaired) electrons. The van der Waals surface area contributed by atoms with E-state index >= 15 is 0 Å². The summed E-state index contributed by atoms with van der Waals surface area (Å²) in [5.74, 6) is -0.355. The van der Waals surface area contributed by atoms with Gasteiger partial charge in [-0.1, -0.05) is 17.3 Å². The van der Waals surface area contributed by atoms with E-state index in [4.69, 9.17) is 16.1 Å². The highest BCUT2D eigenvalue weighted by atomic mass is 35.5. The van der Waals surface area contributed by atoms with Crippen molar-refractivity contribution in [2.45, 2.75) is 12.4 Å². The molecule has 1 amide bonds. The minimum atomic E-state index is -0.561. The van der Waals surface area contributed by atoms with E-state index in [-0.39, 0.29) is 18.0 Å². The summed E-state index contributed by atoms with van der Waals surface area (Å²) in [5.41, 5.74) is 0.585. The summed E-state index contributed by atoms with van der Waals surface area (Å²) in [4.78, 5) is 11.7. The fourth-order valence-corrected chi connectivity index (χ4v) is 1.54. The molecule has 4 nitrogen and oxygen atoms in total. The van der Waals surface area contributed by atoms with Crippen LogP contribution in [0.3, 0.4) is 0 Å². The van der Waals surface area contributed by atoms with Crippen LogP contribution in [0.4, 0.5) is 4.39 Å². The van der Waals surface area contributed by atoms with Crippen molar-refractivity contribution in [3.8, 4) is 0 Å². The number of nitrogens with zero attached hydrogens (tertiary/aromatic N) is 1. The number of carbonyl (C=O) groups excluding carboxylic acids is 1. The zero-order chi connectivity index (χ0) is 13.0. The lowest BCUT2D eigenvalue weighted by atomic mass is 10.2. The summed E-state index contributed by atoms with van der Waals surface area (Å²) in [5, 5.41) is 6.21. The third-order valence-electron chi connectivity index (χ3n) is 2.29. The fraction of sp³-hybridized carbons (Fsp3) is 0.167. The highest BCUT2D eigenvalue weighted by Crippen LogP contribution is 2.08. The van der Waals surface area contributed by atoms with Gasteiger partial charge in [0.15, 0.2) is 5.76 Å². The molecule has 1 N–H and O–H groups in total. The second kappa shape index (κ2) is 5.64. The maximum atomic E-state index is 13.3. The van der Waals surface area contributed by atoms with Crippen molar-refractivity contribution in [1.82, 2.24) is 10.5 Å². The molecule has 0 atom stereocenters. The molecule has 1 aromatic carbocycles. The number of aromatic nitrogens is 1. The van der Waals surface area contributed by atoms with Crippen LogP contribution in [0.15, 0.2) is 34.9 Å². The Hall–Kier alpha value is -1.88. The van der Waals surface area contributed by atoms with Gasteiger partial charge in [-0.3, -0.25) is 4.79 Å². The third kappa shape index (κ3) is 2.87. The van der Waals surface area contributed by atoms with Crippen LogP contribution in [0.25, 0.3) is 0 Å². The number of alkyl halides is 1. The summed E-state index contributed by atoms with van der Waals surface area (Å²) in [6.07, 6.45) is 0. The lowest BCUT2D eigenvalue weighted by molar-refractivity contribution is 0.0943. The van der Waals surface area contributed by atoms with Gasteiger partial charge in [0.25, 0.3) is 5.91 Å². The van der Waals surface area contributed by atoms with E-state index in [1.165, 1.54) is 18.2 Å². The molecule has 1 aromatic heterocycles. The standard InChI is InChI=1S/C12H10ClFN2O2/c13-6-8-5-9(18-16-8)7-15-12(17)10-3-1-2-4-11(10)14/h1-5H,6-7H2,(H,15,17). The molecule has 0 saturated heterocycles. The molecule has 0 saturated carbocycles. The first-order chi connectivity index (χ1) is 8.70. The van der Waals surface area contributed by atoms with E-state index in [0.29, 0.717) is 11.5 Å². The SMILES string of the molecule is O=C(NCc1cc(CCl)no1)c1ccccc1F. The van der Waals surface area contributed by atoms with Crippen molar-refractivity contribution in [3.05, 3.63) is 53.2 Å². The quantitative estimate of drug-likeness (QED) is 0.867. The number of hydrogen-bond donors (Lipinski definition) is 1. The van der Waals surface area contributed by atoms with Crippen molar-refractivity contribution in [1.29, 1.82) is 0 Å². The van der Waals surface area contributed by atoms with Crippen LogP contribution in [0.1, 0.15) is 21.8 Å². The second-order valence-electron chi connectivity index (χ2n) is 3.58. The zero-order valence-corrected chi connectivity index (χ0v) is 10.1. The number of amides is 1. The van der Waals surface area contributed by atoms with Gasteiger partial charge in [-0.25, -0.2) is 4.39 Å². The molecule has 94 valence electrons. The topological polar surface area (TPSA) is 55.1 Å². The number of carbonyl (C=O) groups is 1. The number of nitrogens with one attached hydrogen (secondary N) is 1. The van der Waals surface area contributed by atoms with Crippen molar-refractivity contribution >= 4 is 17.5 Å². The van der Waals surface area contributed by atoms with Gasteiger partial charge in [0.1, 0.15) is 5.82 Å². The van der Waals surface area contributed by atoms with Crippen LogP contribution in [0.5, 0.6) is 0 Å². The first-order valence-electron chi connectivity index (χ1n) is 5.24. The van der Waals surface area contributed by atoms with Crippen molar-refractivity contribution in [2.24, 2.45) is 0 Å². The number of benzene rings is 1. The molecule has 2 rings (SSSR count). The smallest absolute Gasteiger partial charge is 0.254 e. The Morgan fingerprint density at radius 1 is 1.44 bits per heavy atom. The van der Waals surface area contributed by atoms with Gasteiger partial charge in [0.05, 0.1) is 23.7 Å².